The quantitative estimate of drug-likeness (QED) is 0.0200. The number of carbonyl (C=O) groups is 2. The van der Waals surface area contributed by atoms with Crippen molar-refractivity contribution in [3.8, 4) is 0 Å². The molecule has 1 aliphatic rings. The first-order valence-electron chi connectivity index (χ1n) is 22.9. The lowest BCUT2D eigenvalue weighted by molar-refractivity contribution is -0.297. The van der Waals surface area contributed by atoms with Crippen molar-refractivity contribution in [2.45, 2.75) is 230 Å². The van der Waals surface area contributed by atoms with Crippen LogP contribution in [-0.2, 0) is 38.7 Å². The maximum absolute atomic E-state index is 12.8. The Morgan fingerprint density at radius 1 is 0.586 bits per heavy atom. The van der Waals surface area contributed by atoms with Crippen LogP contribution in [0.2, 0.25) is 0 Å². The Morgan fingerprint density at radius 3 is 1.59 bits per heavy atom. The zero-order chi connectivity index (χ0) is 42.7. The van der Waals surface area contributed by atoms with Gasteiger partial charge < -0.3 is 34.3 Å². The number of carbonyl (C=O) groups excluding carboxylic acids is 2. The highest BCUT2D eigenvalue weighted by Crippen LogP contribution is 2.24. The minimum Gasteiger partial charge on any atom is -0.462 e. The molecule has 6 atom stereocenters. The number of hydrogen-bond acceptors (Lipinski definition) is 11. The predicted molar refractivity (Wildman–Crippen MR) is 229 cm³/mol. The monoisotopic (exact) mass is 847 g/mol. The Bertz CT molecular complexity index is 1180. The van der Waals surface area contributed by atoms with Gasteiger partial charge in [0.15, 0.2) is 12.4 Å². The summed E-state index contributed by atoms with van der Waals surface area (Å²) < 4.78 is 53.9. The lowest BCUT2D eigenvalue weighted by Gasteiger charge is -2.40. The molecule has 0 bridgehead atoms. The van der Waals surface area contributed by atoms with E-state index in [0.717, 1.165) is 32.1 Å². The molecule has 0 aromatic rings. The summed E-state index contributed by atoms with van der Waals surface area (Å²) >= 11 is 0. The number of ether oxygens (including phenoxy) is 4. The summed E-state index contributed by atoms with van der Waals surface area (Å²) in [4.78, 5) is 25.3. The number of esters is 2. The van der Waals surface area contributed by atoms with E-state index in [0.29, 0.717) is 12.8 Å². The van der Waals surface area contributed by atoms with E-state index < -0.39 is 71.2 Å². The van der Waals surface area contributed by atoms with Crippen LogP contribution in [0.25, 0.3) is 0 Å². The van der Waals surface area contributed by atoms with E-state index in [-0.39, 0.29) is 19.4 Å². The van der Waals surface area contributed by atoms with Gasteiger partial charge in [0, 0.05) is 12.8 Å². The van der Waals surface area contributed by atoms with Crippen LogP contribution in [0.3, 0.4) is 0 Å². The minimum absolute atomic E-state index is 0.0611. The molecule has 340 valence electrons. The molecule has 12 nitrogen and oxygen atoms in total. The number of hydrogen-bond donors (Lipinski definition) is 4. The maximum atomic E-state index is 12.8. The fraction of sp³-hybridized carbons (Fsp3) is 0.867. The highest BCUT2D eigenvalue weighted by molar-refractivity contribution is 7.85. The van der Waals surface area contributed by atoms with Gasteiger partial charge in [0.1, 0.15) is 36.8 Å². The first kappa shape index (κ1) is 54.1. The molecule has 1 aliphatic heterocycles. The lowest BCUT2D eigenvalue weighted by atomic mass is 10.00. The average molecular weight is 847 g/mol. The Kier molecular flexibility index (Phi) is 33.5. The van der Waals surface area contributed by atoms with Crippen LogP contribution in [0.4, 0.5) is 0 Å². The van der Waals surface area contributed by atoms with Crippen LogP contribution >= 0.6 is 0 Å². The third-order valence-electron chi connectivity index (χ3n) is 10.5. The Labute approximate surface area is 351 Å². The number of aliphatic hydroxyl groups is 3. The molecule has 13 heteroatoms. The van der Waals surface area contributed by atoms with E-state index in [1.54, 1.807) is 0 Å². The van der Waals surface area contributed by atoms with Crippen LogP contribution in [0.15, 0.2) is 24.3 Å². The molecular weight excluding hydrogens is 765 g/mol. The molecule has 3 unspecified atom stereocenters. The highest BCUT2D eigenvalue weighted by atomic mass is 32.2. The molecular formula is C45H82O12S. The van der Waals surface area contributed by atoms with Gasteiger partial charge >= 0.3 is 11.9 Å². The van der Waals surface area contributed by atoms with Crippen LogP contribution in [-0.4, -0.2) is 96.0 Å². The van der Waals surface area contributed by atoms with Crippen molar-refractivity contribution in [2.24, 2.45) is 0 Å². The fourth-order valence-electron chi connectivity index (χ4n) is 6.97. The predicted octanol–water partition coefficient (Wildman–Crippen LogP) is 9.23. The van der Waals surface area contributed by atoms with Gasteiger partial charge in [-0.15, -0.1) is 0 Å². The van der Waals surface area contributed by atoms with Gasteiger partial charge in [-0.2, -0.15) is 8.42 Å². The van der Waals surface area contributed by atoms with E-state index in [2.05, 4.69) is 26.0 Å². The van der Waals surface area contributed by atoms with E-state index in [1.165, 1.54) is 122 Å². The molecule has 0 saturated carbocycles. The van der Waals surface area contributed by atoms with Gasteiger partial charge in [-0.25, -0.2) is 0 Å². The molecule has 1 saturated heterocycles. The van der Waals surface area contributed by atoms with E-state index in [4.69, 9.17) is 18.9 Å². The third kappa shape index (κ3) is 30.2. The van der Waals surface area contributed by atoms with Crippen molar-refractivity contribution < 1.29 is 56.8 Å². The number of allylic oxidation sites excluding steroid dienone is 4. The maximum Gasteiger partial charge on any atom is 0.306 e. The van der Waals surface area contributed by atoms with E-state index in [1.807, 2.05) is 12.2 Å². The van der Waals surface area contributed by atoms with Crippen LogP contribution in [0.5, 0.6) is 0 Å². The second-order valence-corrected chi connectivity index (χ2v) is 17.6. The second kappa shape index (κ2) is 35.8. The van der Waals surface area contributed by atoms with Gasteiger partial charge in [-0.3, -0.25) is 14.1 Å². The SMILES string of the molecule is CCCCCCCC/C=C/C/C=C/CCC(=O)OC(COC(=O)CCCCCCCCCCCCCCCCCCC)CO[C@H]1O[C@H](CS(=O)(=O)O)[C@@H](O)C(O)C1O. The molecule has 0 spiro atoms. The molecule has 0 radical (unpaired) electrons. The summed E-state index contributed by atoms with van der Waals surface area (Å²) in [5.41, 5.74) is 0. The molecule has 58 heavy (non-hydrogen) atoms. The summed E-state index contributed by atoms with van der Waals surface area (Å²) in [5, 5.41) is 30.8. The Hall–Kier alpha value is -1.87. The molecule has 1 fully saturated rings. The summed E-state index contributed by atoms with van der Waals surface area (Å²) in [5.74, 6) is -2.06. The first-order chi connectivity index (χ1) is 28.0. The third-order valence-corrected chi connectivity index (χ3v) is 11.3. The van der Waals surface area contributed by atoms with Crippen molar-refractivity contribution >= 4 is 22.1 Å². The topological polar surface area (TPSA) is 186 Å². The molecule has 0 aliphatic carbocycles. The van der Waals surface area contributed by atoms with E-state index in [9.17, 15) is 37.9 Å². The van der Waals surface area contributed by atoms with Crippen LogP contribution in [0, 0.1) is 0 Å². The molecule has 1 rings (SSSR count). The fourth-order valence-corrected chi connectivity index (χ4v) is 7.66. The van der Waals surface area contributed by atoms with Crippen LogP contribution in [0.1, 0.15) is 194 Å². The lowest BCUT2D eigenvalue weighted by Crippen LogP contribution is -2.60. The molecule has 0 amide bonds. The number of aliphatic hydroxyl groups excluding tert-OH is 3. The molecule has 0 aromatic heterocycles. The van der Waals surface area contributed by atoms with Gasteiger partial charge in [0.25, 0.3) is 10.1 Å². The summed E-state index contributed by atoms with van der Waals surface area (Å²) in [6.07, 6.45) is 29.6. The number of unbranched alkanes of at least 4 members (excludes halogenated alkanes) is 22. The molecule has 1 heterocycles. The number of rotatable bonds is 38. The van der Waals surface area contributed by atoms with Gasteiger partial charge in [-0.05, 0) is 32.1 Å². The van der Waals surface area contributed by atoms with Crippen molar-refractivity contribution in [2.75, 3.05) is 19.0 Å². The molecule has 4 N–H and O–H groups in total. The van der Waals surface area contributed by atoms with Crippen molar-refractivity contribution in [1.82, 2.24) is 0 Å². The summed E-state index contributed by atoms with van der Waals surface area (Å²) in [6.45, 7) is 3.71. The normalized spacial score (nSPS) is 20.6. The zero-order valence-electron chi connectivity index (χ0n) is 36.2. The smallest absolute Gasteiger partial charge is 0.306 e. The van der Waals surface area contributed by atoms with Gasteiger partial charge in [0.05, 0.1) is 6.61 Å². The largest absolute Gasteiger partial charge is 0.462 e. The first-order valence-corrected chi connectivity index (χ1v) is 24.5. The average Bonchev–Trinajstić information content (AvgIpc) is 3.18. The van der Waals surface area contributed by atoms with Crippen molar-refractivity contribution in [3.05, 3.63) is 24.3 Å². The standard InChI is InChI=1S/C45H82O12S/c1-3-5-7-9-11-13-15-17-18-19-20-22-23-25-27-29-31-33-40(46)54-35-38(36-55-45-44(50)43(49)42(48)39(57-45)37-58(51,52)53)56-41(47)34-32-30-28-26-24-21-16-14-12-10-8-6-4-2/h21,24,28,30,38-39,42-45,48-50H,3-20,22-23,25-27,29,31-37H2,1-2H3,(H,51,52,53)/b24-21+,30-28+/t38?,39-,42-,43?,44?,45+/m1/s1. The Morgan fingerprint density at radius 2 is 1.07 bits per heavy atom. The Balaban J connectivity index is 2.45. The minimum atomic E-state index is -4.60. The summed E-state index contributed by atoms with van der Waals surface area (Å²) in [7, 11) is -4.60. The van der Waals surface area contributed by atoms with E-state index >= 15 is 0 Å². The summed E-state index contributed by atoms with van der Waals surface area (Å²) in [6, 6.07) is 0. The second-order valence-electron chi connectivity index (χ2n) is 16.1. The van der Waals surface area contributed by atoms with Crippen molar-refractivity contribution in [1.29, 1.82) is 0 Å². The highest BCUT2D eigenvalue weighted by Gasteiger charge is 2.46. The molecule has 0 aromatic carbocycles. The van der Waals surface area contributed by atoms with Crippen molar-refractivity contribution in [3.63, 3.8) is 0 Å². The van der Waals surface area contributed by atoms with Gasteiger partial charge in [-0.1, -0.05) is 173 Å². The van der Waals surface area contributed by atoms with Crippen LogP contribution < -0.4 is 0 Å². The zero-order valence-corrected chi connectivity index (χ0v) is 37.0. The van der Waals surface area contributed by atoms with Gasteiger partial charge in [0.2, 0.25) is 0 Å².